The molecule has 0 radical (unpaired) electrons. The number of fused-ring (bicyclic) bond motifs is 1. The Balaban J connectivity index is 2.39. The van der Waals surface area contributed by atoms with Gasteiger partial charge in [-0.25, -0.2) is 0 Å². The second-order valence-corrected chi connectivity index (χ2v) is 4.28. The lowest BCUT2D eigenvalue weighted by molar-refractivity contribution is -0.159. The molecule has 0 aliphatic carbocycles. The summed E-state index contributed by atoms with van der Waals surface area (Å²) in [6.45, 7) is 0.122. The largest absolute Gasteiger partial charge is 0.468 e. The van der Waals surface area contributed by atoms with Gasteiger partial charge in [0, 0.05) is 0 Å². The number of carbonyl (C=O) groups excluding carboxylic acids is 2. The molecule has 2 rings (SSSR count). The molecule has 1 aliphatic rings. The third-order valence-corrected chi connectivity index (χ3v) is 3.18. The minimum atomic E-state index is -1.23. The summed E-state index contributed by atoms with van der Waals surface area (Å²) in [5, 5.41) is 0. The van der Waals surface area contributed by atoms with Gasteiger partial charge in [-0.2, -0.15) is 0 Å². The van der Waals surface area contributed by atoms with Crippen LogP contribution in [0.2, 0.25) is 0 Å². The van der Waals surface area contributed by atoms with Crippen molar-refractivity contribution in [2.75, 3.05) is 21.0 Å². The molecule has 1 aromatic rings. The van der Waals surface area contributed by atoms with Gasteiger partial charge in [-0.3, -0.25) is 9.59 Å². The molecule has 6 nitrogen and oxygen atoms in total. The third-order valence-electron chi connectivity index (χ3n) is 3.18. The van der Waals surface area contributed by atoms with Gasteiger partial charge in [-0.05, 0) is 17.7 Å². The zero-order chi connectivity index (χ0) is 15.4. The highest BCUT2D eigenvalue weighted by Crippen LogP contribution is 2.36. The van der Waals surface area contributed by atoms with Crippen LogP contribution in [0, 0.1) is 18.3 Å². The average Bonchev–Trinajstić information content (AvgIpc) is 2.98. The lowest BCUT2D eigenvalue weighted by Gasteiger charge is -2.19. The standard InChI is InChI=1S/C15H14O6/c1-4-10(13(14(16)18-2)15(17)19-3)9-5-6-11-12(7-9)21-8-20-11/h1,5-7,10,13H,8H2,2-3H3. The maximum absolute atomic E-state index is 11.8. The van der Waals surface area contributed by atoms with Gasteiger partial charge in [0.15, 0.2) is 17.4 Å². The molecule has 6 heteroatoms. The lowest BCUT2D eigenvalue weighted by Crippen LogP contribution is -2.31. The normalized spacial score (nSPS) is 13.4. The molecule has 1 unspecified atom stereocenters. The highest BCUT2D eigenvalue weighted by molar-refractivity contribution is 5.96. The fraction of sp³-hybridized carbons (Fsp3) is 0.333. The van der Waals surface area contributed by atoms with Crippen molar-refractivity contribution in [3.05, 3.63) is 23.8 Å². The Morgan fingerprint density at radius 2 is 1.81 bits per heavy atom. The van der Waals surface area contributed by atoms with Crippen molar-refractivity contribution < 1.29 is 28.5 Å². The summed E-state index contributed by atoms with van der Waals surface area (Å²) in [6, 6.07) is 5.00. The summed E-state index contributed by atoms with van der Waals surface area (Å²) < 4.78 is 19.8. The number of ether oxygens (including phenoxy) is 4. The fourth-order valence-corrected chi connectivity index (χ4v) is 2.11. The zero-order valence-corrected chi connectivity index (χ0v) is 11.6. The van der Waals surface area contributed by atoms with Crippen LogP contribution in [0.15, 0.2) is 18.2 Å². The molecule has 110 valence electrons. The molecular formula is C15H14O6. The Morgan fingerprint density at radius 3 is 2.38 bits per heavy atom. The van der Waals surface area contributed by atoms with Crippen molar-refractivity contribution >= 4 is 11.9 Å². The quantitative estimate of drug-likeness (QED) is 0.470. The molecule has 0 saturated heterocycles. The predicted molar refractivity (Wildman–Crippen MR) is 71.7 cm³/mol. The Labute approximate surface area is 121 Å². The first-order valence-electron chi connectivity index (χ1n) is 6.13. The lowest BCUT2D eigenvalue weighted by atomic mass is 9.86. The van der Waals surface area contributed by atoms with Crippen molar-refractivity contribution in [2.45, 2.75) is 5.92 Å². The van der Waals surface area contributed by atoms with Crippen molar-refractivity contribution in [1.82, 2.24) is 0 Å². The van der Waals surface area contributed by atoms with Crippen LogP contribution in [-0.4, -0.2) is 33.0 Å². The van der Waals surface area contributed by atoms with E-state index in [9.17, 15) is 9.59 Å². The van der Waals surface area contributed by atoms with E-state index in [1.165, 1.54) is 14.2 Å². The molecule has 0 aromatic heterocycles. The van der Waals surface area contributed by atoms with E-state index in [0.717, 1.165) is 0 Å². The van der Waals surface area contributed by atoms with E-state index in [1.54, 1.807) is 18.2 Å². The van der Waals surface area contributed by atoms with E-state index in [2.05, 4.69) is 15.4 Å². The number of methoxy groups -OCH3 is 2. The molecule has 21 heavy (non-hydrogen) atoms. The fourth-order valence-electron chi connectivity index (χ4n) is 2.11. The smallest absolute Gasteiger partial charge is 0.321 e. The number of hydrogen-bond acceptors (Lipinski definition) is 6. The number of esters is 2. The molecule has 1 aliphatic heterocycles. The van der Waals surface area contributed by atoms with Crippen LogP contribution in [0.4, 0.5) is 0 Å². The molecule has 0 fully saturated rings. The Kier molecular flexibility index (Phi) is 4.33. The predicted octanol–water partition coefficient (Wildman–Crippen LogP) is 1.09. The summed E-state index contributed by atoms with van der Waals surface area (Å²) in [5.74, 6) is -0.00413. The third kappa shape index (κ3) is 2.77. The summed E-state index contributed by atoms with van der Waals surface area (Å²) in [5.41, 5.74) is 0.572. The van der Waals surface area contributed by atoms with Crippen LogP contribution in [0.1, 0.15) is 11.5 Å². The van der Waals surface area contributed by atoms with Gasteiger partial charge in [0.25, 0.3) is 0 Å². The van der Waals surface area contributed by atoms with Gasteiger partial charge < -0.3 is 18.9 Å². The number of terminal acetylenes is 1. The SMILES string of the molecule is C#CC(c1ccc2c(c1)OCO2)C(C(=O)OC)C(=O)OC. The molecule has 1 aromatic carbocycles. The van der Waals surface area contributed by atoms with Gasteiger partial charge in [0.1, 0.15) is 0 Å². The Hall–Kier alpha value is -2.68. The van der Waals surface area contributed by atoms with Gasteiger partial charge >= 0.3 is 11.9 Å². The first-order chi connectivity index (χ1) is 10.1. The highest BCUT2D eigenvalue weighted by Gasteiger charge is 2.37. The van der Waals surface area contributed by atoms with E-state index >= 15 is 0 Å². The summed E-state index contributed by atoms with van der Waals surface area (Å²) in [4.78, 5) is 23.7. The summed E-state index contributed by atoms with van der Waals surface area (Å²) in [7, 11) is 2.37. The van der Waals surface area contributed by atoms with Crippen LogP contribution in [-0.2, 0) is 19.1 Å². The molecule has 0 amide bonds. The maximum atomic E-state index is 11.8. The van der Waals surface area contributed by atoms with E-state index in [4.69, 9.17) is 15.9 Å². The van der Waals surface area contributed by atoms with Crippen LogP contribution < -0.4 is 9.47 Å². The molecule has 0 spiro atoms. The number of carbonyl (C=O) groups is 2. The first kappa shape index (κ1) is 14.7. The maximum Gasteiger partial charge on any atom is 0.321 e. The van der Waals surface area contributed by atoms with E-state index in [-0.39, 0.29) is 6.79 Å². The van der Waals surface area contributed by atoms with Crippen molar-refractivity contribution in [3.63, 3.8) is 0 Å². The Morgan fingerprint density at radius 1 is 1.19 bits per heavy atom. The van der Waals surface area contributed by atoms with Crippen LogP contribution in [0.25, 0.3) is 0 Å². The minimum absolute atomic E-state index is 0.122. The molecule has 1 atom stereocenters. The molecular weight excluding hydrogens is 276 g/mol. The van der Waals surface area contributed by atoms with E-state index < -0.39 is 23.8 Å². The first-order valence-corrected chi connectivity index (χ1v) is 6.13. The van der Waals surface area contributed by atoms with Crippen LogP contribution >= 0.6 is 0 Å². The van der Waals surface area contributed by atoms with E-state index in [1.807, 2.05) is 0 Å². The minimum Gasteiger partial charge on any atom is -0.468 e. The van der Waals surface area contributed by atoms with Gasteiger partial charge in [0.2, 0.25) is 6.79 Å². The second kappa shape index (κ2) is 6.18. The van der Waals surface area contributed by atoms with Crippen molar-refractivity contribution in [1.29, 1.82) is 0 Å². The number of hydrogen-bond donors (Lipinski definition) is 0. The molecule has 1 heterocycles. The topological polar surface area (TPSA) is 71.1 Å². The molecule has 0 bridgehead atoms. The van der Waals surface area contributed by atoms with Crippen molar-refractivity contribution in [2.24, 2.45) is 5.92 Å². The average molecular weight is 290 g/mol. The number of benzene rings is 1. The summed E-state index contributed by atoms with van der Waals surface area (Å²) >= 11 is 0. The molecule has 0 saturated carbocycles. The zero-order valence-electron chi connectivity index (χ0n) is 11.6. The van der Waals surface area contributed by atoms with Gasteiger partial charge in [0.05, 0.1) is 20.1 Å². The van der Waals surface area contributed by atoms with Crippen molar-refractivity contribution in [3.8, 4) is 23.8 Å². The highest BCUT2D eigenvalue weighted by atomic mass is 16.7. The monoisotopic (exact) mass is 290 g/mol. The van der Waals surface area contributed by atoms with Gasteiger partial charge in [-0.1, -0.05) is 12.0 Å². The molecule has 0 N–H and O–H groups in total. The summed E-state index contributed by atoms with van der Waals surface area (Å²) in [6.07, 6.45) is 5.50. The van der Waals surface area contributed by atoms with Crippen LogP contribution in [0.5, 0.6) is 11.5 Å². The second-order valence-electron chi connectivity index (χ2n) is 4.28. The van der Waals surface area contributed by atoms with Crippen LogP contribution in [0.3, 0.4) is 0 Å². The Bertz CT molecular complexity index is 585. The number of rotatable bonds is 4. The van der Waals surface area contributed by atoms with Gasteiger partial charge in [-0.15, -0.1) is 6.42 Å². The van der Waals surface area contributed by atoms with E-state index in [0.29, 0.717) is 17.1 Å².